The van der Waals surface area contributed by atoms with Gasteiger partial charge >= 0.3 is 0 Å². The molecule has 3 rings (SSSR count). The van der Waals surface area contributed by atoms with E-state index < -0.39 is 0 Å². The van der Waals surface area contributed by atoms with Crippen LogP contribution in [0.2, 0.25) is 0 Å². The highest BCUT2D eigenvalue weighted by atomic mass is 79.9. The molecule has 0 radical (unpaired) electrons. The Labute approximate surface area is 122 Å². The molecule has 19 heavy (non-hydrogen) atoms. The quantitative estimate of drug-likeness (QED) is 0.923. The first-order chi connectivity index (χ1) is 9.24. The molecule has 0 amide bonds. The average molecular weight is 326 g/mol. The van der Waals surface area contributed by atoms with Gasteiger partial charge in [-0.2, -0.15) is 0 Å². The second kappa shape index (κ2) is 5.81. The molecule has 2 unspecified atom stereocenters. The van der Waals surface area contributed by atoms with Gasteiger partial charge < -0.3 is 14.8 Å². The molecule has 2 heterocycles. The number of hydrogen-bond donors (Lipinski definition) is 1. The summed E-state index contributed by atoms with van der Waals surface area (Å²) in [5.74, 6) is 1.73. The number of nitrogens with one attached hydrogen (secondary N) is 1. The SMILES string of the molecule is CC1OCCC1CNCc1cc(Br)cc2c1OCC2. The molecule has 1 aromatic carbocycles. The van der Waals surface area contributed by atoms with Crippen molar-refractivity contribution in [1.29, 1.82) is 0 Å². The third kappa shape index (κ3) is 2.96. The van der Waals surface area contributed by atoms with E-state index >= 15 is 0 Å². The third-order valence-corrected chi connectivity index (χ3v) is 4.54. The standard InChI is InChI=1S/C15H20BrNO2/c1-10-12(3-4-18-10)8-17-9-13-7-14(16)6-11-2-5-19-15(11)13/h6-7,10,12,17H,2-5,8-9H2,1H3. The van der Waals surface area contributed by atoms with Gasteiger partial charge in [0.1, 0.15) is 5.75 Å². The van der Waals surface area contributed by atoms with E-state index in [2.05, 4.69) is 40.3 Å². The van der Waals surface area contributed by atoms with Gasteiger partial charge in [0.2, 0.25) is 0 Å². The van der Waals surface area contributed by atoms with Gasteiger partial charge in [0.15, 0.2) is 0 Å². The van der Waals surface area contributed by atoms with Crippen LogP contribution < -0.4 is 10.1 Å². The van der Waals surface area contributed by atoms with Crippen LogP contribution in [0.15, 0.2) is 16.6 Å². The molecule has 0 aliphatic carbocycles. The van der Waals surface area contributed by atoms with Gasteiger partial charge in [-0.05, 0) is 37.0 Å². The summed E-state index contributed by atoms with van der Waals surface area (Å²) in [6, 6.07) is 4.32. The van der Waals surface area contributed by atoms with Crippen LogP contribution in [-0.2, 0) is 17.7 Å². The Morgan fingerprint density at radius 3 is 3.05 bits per heavy atom. The first-order valence-corrected chi connectivity index (χ1v) is 7.80. The van der Waals surface area contributed by atoms with Gasteiger partial charge in [-0.1, -0.05) is 15.9 Å². The van der Waals surface area contributed by atoms with Gasteiger partial charge in [-0.25, -0.2) is 0 Å². The zero-order valence-electron chi connectivity index (χ0n) is 11.2. The lowest BCUT2D eigenvalue weighted by atomic mass is 10.0. The first-order valence-electron chi connectivity index (χ1n) is 7.00. The molecule has 2 aliphatic heterocycles. The van der Waals surface area contributed by atoms with Crippen molar-refractivity contribution in [2.75, 3.05) is 19.8 Å². The van der Waals surface area contributed by atoms with E-state index in [-0.39, 0.29) is 0 Å². The number of fused-ring (bicyclic) bond motifs is 1. The molecule has 0 bridgehead atoms. The molecule has 2 aliphatic rings. The van der Waals surface area contributed by atoms with Crippen LogP contribution in [0.1, 0.15) is 24.5 Å². The van der Waals surface area contributed by atoms with Crippen LogP contribution in [0.4, 0.5) is 0 Å². The topological polar surface area (TPSA) is 30.5 Å². The summed E-state index contributed by atoms with van der Waals surface area (Å²) in [4.78, 5) is 0. The second-order valence-electron chi connectivity index (χ2n) is 5.41. The largest absolute Gasteiger partial charge is 0.493 e. The maximum absolute atomic E-state index is 5.74. The van der Waals surface area contributed by atoms with E-state index in [1.807, 2.05) is 0 Å². The van der Waals surface area contributed by atoms with Crippen molar-refractivity contribution in [2.45, 2.75) is 32.4 Å². The molecule has 1 fully saturated rings. The highest BCUT2D eigenvalue weighted by molar-refractivity contribution is 9.10. The van der Waals surface area contributed by atoms with Crippen molar-refractivity contribution in [3.05, 3.63) is 27.7 Å². The van der Waals surface area contributed by atoms with Crippen molar-refractivity contribution < 1.29 is 9.47 Å². The number of hydrogen-bond acceptors (Lipinski definition) is 3. The number of rotatable bonds is 4. The molecule has 4 heteroatoms. The highest BCUT2D eigenvalue weighted by Gasteiger charge is 2.24. The summed E-state index contributed by atoms with van der Waals surface area (Å²) < 4.78 is 12.5. The minimum absolute atomic E-state index is 0.386. The number of halogens is 1. The molecular weight excluding hydrogens is 306 g/mol. The van der Waals surface area contributed by atoms with E-state index in [0.717, 1.165) is 42.9 Å². The molecule has 1 saturated heterocycles. The fourth-order valence-corrected chi connectivity index (χ4v) is 3.47. The van der Waals surface area contributed by atoms with Crippen LogP contribution in [0, 0.1) is 5.92 Å². The molecular formula is C15H20BrNO2. The predicted octanol–water partition coefficient (Wildman–Crippen LogP) is 2.90. The van der Waals surface area contributed by atoms with Crippen molar-refractivity contribution in [3.8, 4) is 5.75 Å². The fraction of sp³-hybridized carbons (Fsp3) is 0.600. The van der Waals surface area contributed by atoms with E-state index in [9.17, 15) is 0 Å². The molecule has 0 saturated carbocycles. The van der Waals surface area contributed by atoms with Crippen LogP contribution in [0.25, 0.3) is 0 Å². The molecule has 0 spiro atoms. The predicted molar refractivity (Wildman–Crippen MR) is 78.6 cm³/mol. The Balaban J connectivity index is 1.61. The Morgan fingerprint density at radius 2 is 2.26 bits per heavy atom. The van der Waals surface area contributed by atoms with E-state index in [4.69, 9.17) is 9.47 Å². The van der Waals surface area contributed by atoms with Crippen LogP contribution in [0.5, 0.6) is 5.75 Å². The summed E-state index contributed by atoms with van der Waals surface area (Å²) >= 11 is 3.58. The minimum atomic E-state index is 0.386. The van der Waals surface area contributed by atoms with E-state index in [0.29, 0.717) is 12.0 Å². The van der Waals surface area contributed by atoms with Crippen molar-refractivity contribution in [2.24, 2.45) is 5.92 Å². The number of benzene rings is 1. The summed E-state index contributed by atoms with van der Waals surface area (Å²) in [5.41, 5.74) is 2.58. The van der Waals surface area contributed by atoms with Gasteiger partial charge in [-0.15, -0.1) is 0 Å². The smallest absolute Gasteiger partial charge is 0.127 e. The summed E-state index contributed by atoms with van der Waals surface area (Å²) in [6.07, 6.45) is 2.58. The Morgan fingerprint density at radius 1 is 1.37 bits per heavy atom. The first kappa shape index (κ1) is 13.4. The summed E-state index contributed by atoms with van der Waals surface area (Å²) in [7, 11) is 0. The van der Waals surface area contributed by atoms with E-state index in [1.54, 1.807) is 0 Å². The summed E-state index contributed by atoms with van der Waals surface area (Å²) in [6.45, 7) is 5.77. The van der Waals surface area contributed by atoms with Gasteiger partial charge in [0.25, 0.3) is 0 Å². The Kier molecular flexibility index (Phi) is 4.10. The third-order valence-electron chi connectivity index (χ3n) is 4.08. The highest BCUT2D eigenvalue weighted by Crippen LogP contribution is 2.33. The van der Waals surface area contributed by atoms with Crippen molar-refractivity contribution >= 4 is 15.9 Å². The zero-order valence-corrected chi connectivity index (χ0v) is 12.8. The monoisotopic (exact) mass is 325 g/mol. The molecule has 2 atom stereocenters. The summed E-state index contributed by atoms with van der Waals surface area (Å²) in [5, 5.41) is 3.55. The second-order valence-corrected chi connectivity index (χ2v) is 6.32. The van der Waals surface area contributed by atoms with Crippen molar-refractivity contribution in [3.63, 3.8) is 0 Å². The lowest BCUT2D eigenvalue weighted by molar-refractivity contribution is 0.105. The Bertz CT molecular complexity index is 464. The zero-order chi connectivity index (χ0) is 13.2. The minimum Gasteiger partial charge on any atom is -0.493 e. The fourth-order valence-electron chi connectivity index (χ4n) is 2.91. The molecule has 1 aromatic rings. The molecule has 0 aromatic heterocycles. The molecule has 104 valence electrons. The molecule has 3 nitrogen and oxygen atoms in total. The van der Waals surface area contributed by atoms with Crippen LogP contribution in [0.3, 0.4) is 0 Å². The van der Waals surface area contributed by atoms with Crippen LogP contribution >= 0.6 is 15.9 Å². The maximum atomic E-state index is 5.74. The van der Waals surface area contributed by atoms with Crippen molar-refractivity contribution in [1.82, 2.24) is 5.32 Å². The van der Waals surface area contributed by atoms with Gasteiger partial charge in [-0.3, -0.25) is 0 Å². The molecule has 1 N–H and O–H groups in total. The average Bonchev–Trinajstić information content (AvgIpc) is 2.98. The lowest BCUT2D eigenvalue weighted by Crippen LogP contribution is -2.26. The van der Waals surface area contributed by atoms with Gasteiger partial charge in [0.05, 0.1) is 12.7 Å². The van der Waals surface area contributed by atoms with Gasteiger partial charge in [0, 0.05) is 36.2 Å². The normalized spacial score (nSPS) is 25.4. The maximum Gasteiger partial charge on any atom is 0.127 e. The lowest BCUT2D eigenvalue weighted by Gasteiger charge is -2.16. The van der Waals surface area contributed by atoms with E-state index in [1.165, 1.54) is 17.5 Å². The number of ether oxygens (including phenoxy) is 2. The Hall–Kier alpha value is -0.580. The van der Waals surface area contributed by atoms with Crippen LogP contribution in [-0.4, -0.2) is 25.9 Å².